The molecule has 3 amide bonds. The fraction of sp³-hybridized carbons (Fsp3) is 0.333. The number of ether oxygens (including phenoxy) is 3. The molecule has 12 heteroatoms. The minimum atomic E-state index is -0.369. The number of amides is 3. The Morgan fingerprint density at radius 1 is 0.513 bits per heavy atom. The summed E-state index contributed by atoms with van der Waals surface area (Å²) in [7, 11) is 15.5. The Balaban J connectivity index is 0.000000292. The maximum Gasteiger partial charge on any atom is 0.414 e. The van der Waals surface area contributed by atoms with Crippen LogP contribution in [0.2, 0.25) is 0 Å². The second kappa shape index (κ2) is 16.2. The average Bonchev–Trinajstić information content (AvgIpc) is 2.84. The first-order valence-corrected chi connectivity index (χ1v) is 11.8. The lowest BCUT2D eigenvalue weighted by Crippen LogP contribution is -2.29. The van der Waals surface area contributed by atoms with Crippen molar-refractivity contribution in [3.63, 3.8) is 0 Å². The SMILES string of the molecule is CN(C)C(=O)Oc1ccc[n+](C)c1.CN(C)C(=O)Oc1ccc[n+](C)c1.CN(C)C(=O)Oc1ccc[n+](C)c1. The van der Waals surface area contributed by atoms with E-state index in [2.05, 4.69) is 0 Å². The smallest absolute Gasteiger partial charge is 0.404 e. The molecule has 3 heterocycles. The zero-order valence-corrected chi connectivity index (χ0v) is 24.1. The van der Waals surface area contributed by atoms with E-state index < -0.39 is 0 Å². The molecule has 0 aliphatic carbocycles. The van der Waals surface area contributed by atoms with Gasteiger partial charge in [0, 0.05) is 60.5 Å². The molecule has 0 bridgehead atoms. The second-order valence-corrected chi connectivity index (χ2v) is 8.90. The molecule has 3 aromatic heterocycles. The first kappa shape index (κ1) is 32.3. The van der Waals surface area contributed by atoms with Crippen LogP contribution in [0.5, 0.6) is 17.2 Å². The fourth-order valence-corrected chi connectivity index (χ4v) is 2.44. The maximum atomic E-state index is 11.1. The van der Waals surface area contributed by atoms with Crippen LogP contribution in [0.1, 0.15) is 0 Å². The molecule has 210 valence electrons. The minimum absolute atomic E-state index is 0.369. The number of aromatic nitrogens is 3. The van der Waals surface area contributed by atoms with Crippen molar-refractivity contribution >= 4 is 18.3 Å². The average molecular weight is 544 g/mol. The van der Waals surface area contributed by atoms with Crippen LogP contribution < -0.4 is 27.9 Å². The summed E-state index contributed by atoms with van der Waals surface area (Å²) in [5.41, 5.74) is 0. The predicted molar refractivity (Wildman–Crippen MR) is 142 cm³/mol. The number of carbonyl (C=O) groups is 3. The van der Waals surface area contributed by atoms with Gasteiger partial charge in [-0.25, -0.2) is 28.1 Å². The molecule has 12 nitrogen and oxygen atoms in total. The van der Waals surface area contributed by atoms with Crippen LogP contribution in [0.25, 0.3) is 0 Å². The fourth-order valence-electron chi connectivity index (χ4n) is 2.44. The van der Waals surface area contributed by atoms with E-state index in [4.69, 9.17) is 14.2 Å². The van der Waals surface area contributed by atoms with Gasteiger partial charge >= 0.3 is 18.3 Å². The Kier molecular flexibility index (Phi) is 13.4. The Morgan fingerprint density at radius 3 is 0.923 bits per heavy atom. The van der Waals surface area contributed by atoms with Crippen LogP contribution in [0.3, 0.4) is 0 Å². The van der Waals surface area contributed by atoms with Crippen molar-refractivity contribution in [2.75, 3.05) is 42.3 Å². The lowest BCUT2D eigenvalue weighted by molar-refractivity contribution is -0.671. The van der Waals surface area contributed by atoms with Gasteiger partial charge in [-0.3, -0.25) is 0 Å². The van der Waals surface area contributed by atoms with Crippen LogP contribution >= 0.6 is 0 Å². The van der Waals surface area contributed by atoms with Crippen LogP contribution in [0.4, 0.5) is 14.4 Å². The molecule has 3 aromatic rings. The molecule has 39 heavy (non-hydrogen) atoms. The molecule has 0 aliphatic heterocycles. The molecule has 0 aliphatic rings. The molecular weight excluding hydrogens is 504 g/mol. The van der Waals surface area contributed by atoms with Crippen molar-refractivity contribution in [1.29, 1.82) is 0 Å². The summed E-state index contributed by atoms with van der Waals surface area (Å²) in [6.45, 7) is 0. The third kappa shape index (κ3) is 13.4. The number of aryl methyl sites for hydroxylation is 3. The number of nitrogens with zero attached hydrogens (tertiary/aromatic N) is 6. The van der Waals surface area contributed by atoms with Crippen LogP contribution in [0.15, 0.2) is 73.6 Å². The van der Waals surface area contributed by atoms with Gasteiger partial charge in [0.05, 0.1) is 0 Å². The predicted octanol–water partition coefficient (Wildman–Crippen LogP) is 1.71. The highest BCUT2D eigenvalue weighted by atomic mass is 16.6. The number of pyridine rings is 3. The zero-order valence-electron chi connectivity index (χ0n) is 24.1. The van der Waals surface area contributed by atoms with Gasteiger partial charge in [-0.1, -0.05) is 0 Å². The second-order valence-electron chi connectivity index (χ2n) is 8.90. The van der Waals surface area contributed by atoms with Crippen molar-refractivity contribution in [3.05, 3.63) is 73.6 Å². The number of hydrogen-bond acceptors (Lipinski definition) is 6. The summed E-state index contributed by atoms with van der Waals surface area (Å²) in [4.78, 5) is 37.5. The van der Waals surface area contributed by atoms with Gasteiger partial charge in [-0.2, -0.15) is 0 Å². The van der Waals surface area contributed by atoms with Gasteiger partial charge in [-0.05, 0) is 18.2 Å². The van der Waals surface area contributed by atoms with Gasteiger partial charge in [0.2, 0.25) is 18.6 Å². The molecule has 0 saturated heterocycles. The number of hydrogen-bond donors (Lipinski definition) is 0. The van der Waals surface area contributed by atoms with E-state index in [0.717, 1.165) is 0 Å². The van der Waals surface area contributed by atoms with Crippen molar-refractivity contribution < 1.29 is 42.3 Å². The Hall–Kier alpha value is -4.74. The Bertz CT molecular complexity index is 1080. The van der Waals surface area contributed by atoms with E-state index in [1.165, 1.54) is 14.7 Å². The lowest BCUT2D eigenvalue weighted by atomic mass is 10.4. The molecule has 3 rings (SSSR count). The minimum Gasteiger partial charge on any atom is -0.404 e. The Morgan fingerprint density at radius 2 is 0.744 bits per heavy atom. The van der Waals surface area contributed by atoms with Crippen molar-refractivity contribution in [2.45, 2.75) is 0 Å². The number of carbonyl (C=O) groups excluding carboxylic acids is 3. The van der Waals surface area contributed by atoms with Crippen LogP contribution in [-0.2, 0) is 21.1 Å². The molecular formula is C27H39N6O6+3. The highest BCUT2D eigenvalue weighted by Crippen LogP contribution is 2.07. The highest BCUT2D eigenvalue weighted by Gasteiger charge is 2.10. The molecule has 0 saturated carbocycles. The van der Waals surface area contributed by atoms with Gasteiger partial charge in [0.15, 0.2) is 35.8 Å². The van der Waals surface area contributed by atoms with E-state index in [1.807, 2.05) is 71.6 Å². The van der Waals surface area contributed by atoms with E-state index in [9.17, 15) is 14.4 Å². The molecule has 0 spiro atoms. The van der Waals surface area contributed by atoms with Crippen LogP contribution in [-0.4, -0.2) is 75.3 Å². The van der Waals surface area contributed by atoms with E-state index in [0.29, 0.717) is 17.2 Å². The molecule has 0 atom stereocenters. The van der Waals surface area contributed by atoms with Gasteiger partial charge in [0.25, 0.3) is 0 Å². The third-order valence-corrected chi connectivity index (χ3v) is 4.45. The zero-order chi connectivity index (χ0) is 29.5. The molecule has 0 aromatic carbocycles. The summed E-state index contributed by atoms with van der Waals surface area (Å²) >= 11 is 0. The topological polar surface area (TPSA) is 100 Å². The van der Waals surface area contributed by atoms with Crippen molar-refractivity contribution in [2.24, 2.45) is 21.1 Å². The van der Waals surface area contributed by atoms with E-state index in [1.54, 1.807) is 79.1 Å². The monoisotopic (exact) mass is 543 g/mol. The van der Waals surface area contributed by atoms with Crippen molar-refractivity contribution in [3.8, 4) is 17.2 Å². The third-order valence-electron chi connectivity index (χ3n) is 4.45. The van der Waals surface area contributed by atoms with Gasteiger partial charge in [0.1, 0.15) is 21.1 Å². The first-order valence-electron chi connectivity index (χ1n) is 11.8. The van der Waals surface area contributed by atoms with Gasteiger partial charge in [-0.15, -0.1) is 0 Å². The summed E-state index contributed by atoms with van der Waals surface area (Å²) in [5.74, 6) is 1.64. The van der Waals surface area contributed by atoms with E-state index >= 15 is 0 Å². The molecule has 0 unspecified atom stereocenters. The largest absolute Gasteiger partial charge is 0.414 e. The quantitative estimate of drug-likeness (QED) is 0.467. The van der Waals surface area contributed by atoms with Gasteiger partial charge < -0.3 is 28.9 Å². The summed E-state index contributed by atoms with van der Waals surface area (Å²) in [6.07, 6.45) is 9.71. The Labute approximate surface area is 229 Å². The molecule has 0 N–H and O–H groups in total. The standard InChI is InChI=1S/3C9H13N2O2/c3*1-10(2)9(12)13-8-5-4-6-11(3)7-8/h3*4-7H,1-3H3/q3*+1. The van der Waals surface area contributed by atoms with Crippen LogP contribution in [0, 0.1) is 0 Å². The molecule has 0 radical (unpaired) electrons. The molecule has 0 fully saturated rings. The summed E-state index contributed by atoms with van der Waals surface area (Å²) in [5, 5.41) is 0. The number of rotatable bonds is 3. The normalized spacial score (nSPS) is 9.46. The highest BCUT2D eigenvalue weighted by molar-refractivity contribution is 5.70. The summed E-state index contributed by atoms with van der Waals surface area (Å²) < 4.78 is 20.5. The summed E-state index contributed by atoms with van der Waals surface area (Å²) in [6, 6.07) is 10.7. The van der Waals surface area contributed by atoms with Crippen molar-refractivity contribution in [1.82, 2.24) is 14.7 Å². The van der Waals surface area contributed by atoms with E-state index in [-0.39, 0.29) is 18.3 Å². The lowest BCUT2D eigenvalue weighted by Gasteiger charge is -2.09. The first-order chi connectivity index (χ1) is 18.3. The maximum absolute atomic E-state index is 11.1.